The van der Waals surface area contributed by atoms with Gasteiger partial charge in [-0.25, -0.2) is 4.39 Å². The SMILES string of the molecule is COCCCC(O)c1cccc(OC)c1F. The van der Waals surface area contributed by atoms with E-state index in [1.54, 1.807) is 19.2 Å². The molecule has 0 bridgehead atoms. The Morgan fingerprint density at radius 3 is 2.75 bits per heavy atom. The van der Waals surface area contributed by atoms with Gasteiger partial charge in [-0.15, -0.1) is 0 Å². The number of hydrogen-bond acceptors (Lipinski definition) is 3. The average Bonchev–Trinajstić information content (AvgIpc) is 2.29. The van der Waals surface area contributed by atoms with Crippen LogP contribution in [0.2, 0.25) is 0 Å². The largest absolute Gasteiger partial charge is 0.494 e. The van der Waals surface area contributed by atoms with Crippen LogP contribution in [0, 0.1) is 5.82 Å². The molecule has 1 aromatic carbocycles. The molecule has 0 fully saturated rings. The highest BCUT2D eigenvalue weighted by Crippen LogP contribution is 2.27. The van der Waals surface area contributed by atoms with E-state index < -0.39 is 11.9 Å². The lowest BCUT2D eigenvalue weighted by Gasteiger charge is -2.13. The maximum absolute atomic E-state index is 13.7. The third kappa shape index (κ3) is 3.18. The molecule has 1 aromatic rings. The zero-order valence-corrected chi connectivity index (χ0v) is 9.57. The van der Waals surface area contributed by atoms with Crippen LogP contribution in [0.1, 0.15) is 24.5 Å². The second kappa shape index (κ2) is 6.45. The molecule has 4 heteroatoms. The lowest BCUT2D eigenvalue weighted by atomic mass is 10.0. The maximum atomic E-state index is 13.7. The Morgan fingerprint density at radius 1 is 1.38 bits per heavy atom. The number of hydrogen-bond donors (Lipinski definition) is 1. The first-order chi connectivity index (χ1) is 7.70. The van der Waals surface area contributed by atoms with Gasteiger partial charge >= 0.3 is 0 Å². The van der Waals surface area contributed by atoms with Crippen molar-refractivity contribution in [3.8, 4) is 5.75 Å². The van der Waals surface area contributed by atoms with E-state index in [2.05, 4.69) is 0 Å². The fourth-order valence-electron chi connectivity index (χ4n) is 1.52. The second-order valence-electron chi connectivity index (χ2n) is 3.51. The van der Waals surface area contributed by atoms with Gasteiger partial charge in [-0.3, -0.25) is 0 Å². The fraction of sp³-hybridized carbons (Fsp3) is 0.500. The van der Waals surface area contributed by atoms with Gasteiger partial charge in [0, 0.05) is 19.3 Å². The van der Waals surface area contributed by atoms with Crippen LogP contribution in [0.15, 0.2) is 18.2 Å². The van der Waals surface area contributed by atoms with E-state index in [1.165, 1.54) is 13.2 Å². The minimum atomic E-state index is -0.815. The third-order valence-electron chi connectivity index (χ3n) is 2.40. The number of methoxy groups -OCH3 is 2. The zero-order valence-electron chi connectivity index (χ0n) is 9.57. The normalized spacial score (nSPS) is 12.5. The van der Waals surface area contributed by atoms with E-state index in [9.17, 15) is 9.50 Å². The van der Waals surface area contributed by atoms with Crippen LogP contribution in [-0.2, 0) is 4.74 Å². The molecule has 0 saturated carbocycles. The van der Waals surface area contributed by atoms with Crippen molar-refractivity contribution < 1.29 is 19.0 Å². The predicted octanol–water partition coefficient (Wildman–Crippen LogP) is 2.29. The van der Waals surface area contributed by atoms with Crippen molar-refractivity contribution >= 4 is 0 Å². The summed E-state index contributed by atoms with van der Waals surface area (Å²) in [7, 11) is 3.00. The van der Waals surface area contributed by atoms with Gasteiger partial charge in [-0.05, 0) is 18.9 Å². The van der Waals surface area contributed by atoms with Crippen molar-refractivity contribution in [1.29, 1.82) is 0 Å². The molecule has 0 heterocycles. The van der Waals surface area contributed by atoms with E-state index in [4.69, 9.17) is 9.47 Å². The molecule has 1 rings (SSSR count). The highest BCUT2D eigenvalue weighted by atomic mass is 19.1. The first-order valence-corrected chi connectivity index (χ1v) is 5.20. The maximum Gasteiger partial charge on any atom is 0.170 e. The Morgan fingerprint density at radius 2 is 2.12 bits per heavy atom. The first kappa shape index (κ1) is 12.9. The molecule has 0 spiro atoms. The highest BCUT2D eigenvalue weighted by molar-refractivity contribution is 5.32. The van der Waals surface area contributed by atoms with Crippen LogP contribution in [0.25, 0.3) is 0 Å². The molecule has 1 atom stereocenters. The molecule has 3 nitrogen and oxygen atoms in total. The highest BCUT2D eigenvalue weighted by Gasteiger charge is 2.15. The van der Waals surface area contributed by atoms with E-state index in [0.717, 1.165) is 0 Å². The standard InChI is InChI=1S/C12H17FO3/c1-15-8-4-6-10(14)9-5-3-7-11(16-2)12(9)13/h3,5,7,10,14H,4,6,8H2,1-2H3. The minimum absolute atomic E-state index is 0.156. The summed E-state index contributed by atoms with van der Waals surface area (Å²) in [5.74, 6) is -0.335. The molecule has 0 aromatic heterocycles. The van der Waals surface area contributed by atoms with E-state index in [-0.39, 0.29) is 11.3 Å². The van der Waals surface area contributed by atoms with Gasteiger partial charge in [0.2, 0.25) is 0 Å². The van der Waals surface area contributed by atoms with Gasteiger partial charge in [0.1, 0.15) is 0 Å². The van der Waals surface area contributed by atoms with Gasteiger partial charge in [0.05, 0.1) is 13.2 Å². The Balaban J connectivity index is 2.71. The number of halogens is 1. The topological polar surface area (TPSA) is 38.7 Å². The lowest BCUT2D eigenvalue weighted by molar-refractivity contribution is 0.133. The van der Waals surface area contributed by atoms with Gasteiger partial charge in [-0.1, -0.05) is 12.1 Å². The quantitative estimate of drug-likeness (QED) is 0.759. The summed E-state index contributed by atoms with van der Waals surface area (Å²) < 4.78 is 23.4. The van der Waals surface area contributed by atoms with Crippen LogP contribution in [0.4, 0.5) is 4.39 Å². The van der Waals surface area contributed by atoms with Crippen molar-refractivity contribution in [3.05, 3.63) is 29.6 Å². The Kier molecular flexibility index (Phi) is 5.22. The number of aliphatic hydroxyl groups excluding tert-OH is 1. The van der Waals surface area contributed by atoms with Gasteiger partial charge in [0.15, 0.2) is 11.6 Å². The molecule has 0 aliphatic rings. The molecule has 0 aliphatic heterocycles. The van der Waals surface area contributed by atoms with Crippen LogP contribution < -0.4 is 4.74 Å². The summed E-state index contributed by atoms with van der Waals surface area (Å²) in [6.45, 7) is 0.558. The Labute approximate surface area is 94.8 Å². The molecular formula is C12H17FO3. The van der Waals surface area contributed by atoms with Gasteiger partial charge in [-0.2, -0.15) is 0 Å². The number of benzene rings is 1. The molecule has 0 amide bonds. The van der Waals surface area contributed by atoms with Crippen molar-refractivity contribution in [2.75, 3.05) is 20.8 Å². The summed E-state index contributed by atoms with van der Waals surface area (Å²) in [6, 6.07) is 4.76. The summed E-state index contributed by atoms with van der Waals surface area (Å²) in [4.78, 5) is 0. The summed E-state index contributed by atoms with van der Waals surface area (Å²) in [5.41, 5.74) is 0.274. The lowest BCUT2D eigenvalue weighted by Crippen LogP contribution is -2.03. The van der Waals surface area contributed by atoms with Gasteiger partial charge < -0.3 is 14.6 Å². The molecule has 0 radical (unpaired) electrons. The Hall–Kier alpha value is -1.13. The van der Waals surface area contributed by atoms with Crippen LogP contribution in [0.5, 0.6) is 5.75 Å². The Bertz CT molecular complexity index is 328. The van der Waals surface area contributed by atoms with E-state index >= 15 is 0 Å². The van der Waals surface area contributed by atoms with Crippen LogP contribution >= 0.6 is 0 Å². The fourth-order valence-corrected chi connectivity index (χ4v) is 1.52. The summed E-state index contributed by atoms with van der Waals surface area (Å²) >= 11 is 0. The van der Waals surface area contributed by atoms with E-state index in [0.29, 0.717) is 19.4 Å². The first-order valence-electron chi connectivity index (χ1n) is 5.20. The van der Waals surface area contributed by atoms with Crippen molar-refractivity contribution in [1.82, 2.24) is 0 Å². The predicted molar refractivity (Wildman–Crippen MR) is 59.0 cm³/mol. The average molecular weight is 228 g/mol. The van der Waals surface area contributed by atoms with Gasteiger partial charge in [0.25, 0.3) is 0 Å². The smallest absolute Gasteiger partial charge is 0.170 e. The number of ether oxygens (including phenoxy) is 2. The van der Waals surface area contributed by atoms with Crippen molar-refractivity contribution in [2.24, 2.45) is 0 Å². The molecule has 90 valence electrons. The van der Waals surface area contributed by atoms with Crippen molar-refractivity contribution in [3.63, 3.8) is 0 Å². The third-order valence-corrected chi connectivity index (χ3v) is 2.40. The molecule has 0 saturated heterocycles. The number of rotatable bonds is 6. The summed E-state index contributed by atoms with van der Waals surface area (Å²) in [6.07, 6.45) is 0.344. The van der Waals surface area contributed by atoms with Crippen molar-refractivity contribution in [2.45, 2.75) is 18.9 Å². The van der Waals surface area contributed by atoms with Crippen LogP contribution in [-0.4, -0.2) is 25.9 Å². The monoisotopic (exact) mass is 228 g/mol. The van der Waals surface area contributed by atoms with Crippen LogP contribution in [0.3, 0.4) is 0 Å². The molecule has 0 aliphatic carbocycles. The van der Waals surface area contributed by atoms with E-state index in [1.807, 2.05) is 0 Å². The zero-order chi connectivity index (χ0) is 12.0. The molecule has 1 N–H and O–H groups in total. The minimum Gasteiger partial charge on any atom is -0.494 e. The number of aliphatic hydroxyl groups is 1. The molecule has 1 unspecified atom stereocenters. The second-order valence-corrected chi connectivity index (χ2v) is 3.51. The molecular weight excluding hydrogens is 211 g/mol. The molecule has 16 heavy (non-hydrogen) atoms. The summed E-state index contributed by atoms with van der Waals surface area (Å²) in [5, 5.41) is 9.80.